The molecule has 118 valence electrons. The summed E-state index contributed by atoms with van der Waals surface area (Å²) in [5, 5.41) is 0. The Kier molecular flexibility index (Phi) is 4.61. The minimum Gasteiger partial charge on any atom is -0.466 e. The summed E-state index contributed by atoms with van der Waals surface area (Å²) in [5.74, 6) is 1.94. The van der Waals surface area contributed by atoms with E-state index >= 15 is 0 Å². The largest absolute Gasteiger partial charge is 0.466 e. The highest BCUT2D eigenvalue weighted by atomic mass is 16.5. The summed E-state index contributed by atoms with van der Waals surface area (Å²) in [7, 11) is 0. The normalized spacial score (nSPS) is 15.9. The quantitative estimate of drug-likeness (QED) is 0.778. The van der Waals surface area contributed by atoms with Crippen molar-refractivity contribution < 1.29 is 18.4 Å². The zero-order chi connectivity index (χ0) is 15.4. The first kappa shape index (κ1) is 14.9. The number of carbonyl (C=O) groups excluding carboxylic acids is 1. The summed E-state index contributed by atoms with van der Waals surface area (Å²) in [6.07, 6.45) is 7.57. The van der Waals surface area contributed by atoms with Gasteiger partial charge in [-0.05, 0) is 31.9 Å². The molecule has 1 fully saturated rings. The predicted molar refractivity (Wildman–Crippen MR) is 80.4 cm³/mol. The molecular formula is C17H21NO4. The molecule has 5 nitrogen and oxygen atoms in total. The number of rotatable bonds is 5. The van der Waals surface area contributed by atoms with E-state index in [-0.39, 0.29) is 12.4 Å². The maximum atomic E-state index is 11.8. The second-order valence-corrected chi connectivity index (χ2v) is 5.62. The first-order chi connectivity index (χ1) is 10.8. The van der Waals surface area contributed by atoms with Crippen molar-refractivity contribution in [2.45, 2.75) is 51.4 Å². The molecule has 0 aromatic carbocycles. The SMILES string of the molecule is CCOC(=O)Cc1nc(C2CCCCC2)oc1-c1ccco1. The van der Waals surface area contributed by atoms with E-state index in [9.17, 15) is 4.79 Å². The lowest BCUT2D eigenvalue weighted by Gasteiger charge is -2.17. The molecule has 0 saturated heterocycles. The van der Waals surface area contributed by atoms with Crippen LogP contribution in [0.1, 0.15) is 56.5 Å². The van der Waals surface area contributed by atoms with E-state index in [0.717, 1.165) is 18.7 Å². The fourth-order valence-corrected chi connectivity index (χ4v) is 2.96. The Labute approximate surface area is 129 Å². The lowest BCUT2D eigenvalue weighted by molar-refractivity contribution is -0.142. The van der Waals surface area contributed by atoms with E-state index in [2.05, 4.69) is 4.98 Å². The van der Waals surface area contributed by atoms with Crippen molar-refractivity contribution in [2.24, 2.45) is 0 Å². The van der Waals surface area contributed by atoms with Crippen molar-refractivity contribution in [3.63, 3.8) is 0 Å². The van der Waals surface area contributed by atoms with Crippen molar-refractivity contribution in [3.05, 3.63) is 30.0 Å². The Morgan fingerprint density at radius 3 is 2.86 bits per heavy atom. The van der Waals surface area contributed by atoms with Gasteiger partial charge in [0.2, 0.25) is 0 Å². The fraction of sp³-hybridized carbons (Fsp3) is 0.529. The lowest BCUT2D eigenvalue weighted by atomic mass is 9.89. The number of oxazole rings is 1. The predicted octanol–water partition coefficient (Wildman–Crippen LogP) is 4.09. The number of hydrogen-bond acceptors (Lipinski definition) is 5. The first-order valence-corrected chi connectivity index (χ1v) is 7.97. The van der Waals surface area contributed by atoms with Crippen LogP contribution < -0.4 is 0 Å². The van der Waals surface area contributed by atoms with E-state index in [4.69, 9.17) is 13.6 Å². The molecule has 22 heavy (non-hydrogen) atoms. The first-order valence-electron chi connectivity index (χ1n) is 7.97. The van der Waals surface area contributed by atoms with Crippen molar-refractivity contribution in [2.75, 3.05) is 6.61 Å². The number of ether oxygens (including phenoxy) is 1. The second-order valence-electron chi connectivity index (χ2n) is 5.62. The maximum Gasteiger partial charge on any atom is 0.312 e. The third-order valence-electron chi connectivity index (χ3n) is 4.03. The van der Waals surface area contributed by atoms with Gasteiger partial charge in [0, 0.05) is 5.92 Å². The summed E-state index contributed by atoms with van der Waals surface area (Å²) in [5.41, 5.74) is 0.606. The van der Waals surface area contributed by atoms with Crippen LogP contribution in [0.5, 0.6) is 0 Å². The summed E-state index contributed by atoms with van der Waals surface area (Å²) < 4.78 is 16.4. The standard InChI is InChI=1S/C17H21NO4/c1-2-20-15(19)11-13-16(14-9-6-10-21-14)22-17(18-13)12-7-4-3-5-8-12/h6,9-10,12H,2-5,7-8,11H2,1H3. The molecule has 0 aliphatic heterocycles. The van der Waals surface area contributed by atoms with Gasteiger partial charge in [0.05, 0.1) is 19.3 Å². The number of esters is 1. The van der Waals surface area contributed by atoms with Gasteiger partial charge in [-0.3, -0.25) is 4.79 Å². The number of aromatic nitrogens is 1. The average molecular weight is 303 g/mol. The fourth-order valence-electron chi connectivity index (χ4n) is 2.96. The van der Waals surface area contributed by atoms with Crippen molar-refractivity contribution in [1.82, 2.24) is 4.98 Å². The monoisotopic (exact) mass is 303 g/mol. The van der Waals surface area contributed by atoms with Gasteiger partial charge in [0.15, 0.2) is 17.4 Å². The molecule has 1 saturated carbocycles. The van der Waals surface area contributed by atoms with Crippen LogP contribution in [0.2, 0.25) is 0 Å². The van der Waals surface area contributed by atoms with Crippen LogP contribution in [0, 0.1) is 0 Å². The molecule has 1 aliphatic rings. The highest BCUT2D eigenvalue weighted by molar-refractivity contribution is 5.74. The van der Waals surface area contributed by atoms with Crippen molar-refractivity contribution >= 4 is 5.97 Å². The van der Waals surface area contributed by atoms with Crippen molar-refractivity contribution in [3.8, 4) is 11.5 Å². The molecule has 0 unspecified atom stereocenters. The summed E-state index contributed by atoms with van der Waals surface area (Å²) in [6.45, 7) is 2.16. The number of furan rings is 1. The topological polar surface area (TPSA) is 65.5 Å². The van der Waals surface area contributed by atoms with E-state index in [1.54, 1.807) is 19.3 Å². The highest BCUT2D eigenvalue weighted by Crippen LogP contribution is 2.35. The Hall–Kier alpha value is -2.04. The molecule has 0 bridgehead atoms. The highest BCUT2D eigenvalue weighted by Gasteiger charge is 2.26. The third kappa shape index (κ3) is 3.24. The Morgan fingerprint density at radius 2 is 2.18 bits per heavy atom. The maximum absolute atomic E-state index is 11.8. The van der Waals surface area contributed by atoms with E-state index < -0.39 is 0 Å². The Balaban J connectivity index is 1.88. The number of carbonyl (C=O) groups is 1. The Morgan fingerprint density at radius 1 is 1.36 bits per heavy atom. The molecular weight excluding hydrogens is 282 g/mol. The molecule has 2 heterocycles. The third-order valence-corrected chi connectivity index (χ3v) is 4.03. The molecule has 0 atom stereocenters. The van der Waals surface area contributed by atoms with Gasteiger partial charge in [0.1, 0.15) is 5.69 Å². The minimum absolute atomic E-state index is 0.111. The summed E-state index contributed by atoms with van der Waals surface area (Å²) in [4.78, 5) is 16.4. The molecule has 3 rings (SSSR count). The molecule has 1 aliphatic carbocycles. The zero-order valence-electron chi connectivity index (χ0n) is 12.8. The van der Waals surface area contributed by atoms with Crippen LogP contribution in [0.3, 0.4) is 0 Å². The summed E-state index contributed by atoms with van der Waals surface area (Å²) in [6, 6.07) is 3.62. The average Bonchev–Trinajstić information content (AvgIpc) is 3.17. The van der Waals surface area contributed by atoms with Gasteiger partial charge < -0.3 is 13.6 Å². The minimum atomic E-state index is -0.293. The van der Waals surface area contributed by atoms with Gasteiger partial charge in [-0.1, -0.05) is 19.3 Å². The van der Waals surface area contributed by atoms with E-state index in [1.807, 2.05) is 6.07 Å². The second kappa shape index (κ2) is 6.81. The molecule has 2 aromatic heterocycles. The molecule has 0 spiro atoms. The van der Waals surface area contributed by atoms with Gasteiger partial charge in [-0.25, -0.2) is 4.98 Å². The van der Waals surface area contributed by atoms with Crippen LogP contribution in [0.15, 0.2) is 27.2 Å². The number of hydrogen-bond donors (Lipinski definition) is 0. The van der Waals surface area contributed by atoms with Crippen LogP contribution in [0.25, 0.3) is 11.5 Å². The molecule has 2 aromatic rings. The lowest BCUT2D eigenvalue weighted by Crippen LogP contribution is -2.09. The van der Waals surface area contributed by atoms with Gasteiger partial charge in [-0.15, -0.1) is 0 Å². The number of nitrogens with zero attached hydrogens (tertiary/aromatic N) is 1. The molecule has 0 amide bonds. The zero-order valence-corrected chi connectivity index (χ0v) is 12.8. The van der Waals surface area contributed by atoms with Crippen LogP contribution >= 0.6 is 0 Å². The Bertz CT molecular complexity index is 609. The van der Waals surface area contributed by atoms with Gasteiger partial charge in [-0.2, -0.15) is 0 Å². The van der Waals surface area contributed by atoms with Crippen LogP contribution in [-0.2, 0) is 16.0 Å². The smallest absolute Gasteiger partial charge is 0.312 e. The molecule has 0 radical (unpaired) electrons. The summed E-state index contributed by atoms with van der Waals surface area (Å²) >= 11 is 0. The molecule has 0 N–H and O–H groups in total. The van der Waals surface area contributed by atoms with Gasteiger partial charge in [0.25, 0.3) is 0 Å². The van der Waals surface area contributed by atoms with Gasteiger partial charge >= 0.3 is 5.97 Å². The van der Waals surface area contributed by atoms with Crippen LogP contribution in [-0.4, -0.2) is 17.6 Å². The molecule has 5 heteroatoms. The van der Waals surface area contributed by atoms with E-state index in [0.29, 0.717) is 29.7 Å². The van der Waals surface area contributed by atoms with Crippen LogP contribution in [0.4, 0.5) is 0 Å². The van der Waals surface area contributed by atoms with Crippen molar-refractivity contribution in [1.29, 1.82) is 0 Å². The van der Waals surface area contributed by atoms with E-state index in [1.165, 1.54) is 19.3 Å².